The van der Waals surface area contributed by atoms with E-state index in [1.165, 1.54) is 8.66 Å². The van der Waals surface area contributed by atoms with Gasteiger partial charge in [0.15, 0.2) is 0 Å². The average Bonchev–Trinajstić information content (AvgIpc) is 3.07. The van der Waals surface area contributed by atoms with Crippen LogP contribution in [-0.4, -0.2) is 47.9 Å². The lowest BCUT2D eigenvalue weighted by molar-refractivity contribution is -0.127. The molecule has 4 nitrogen and oxygen atoms in total. The molecule has 140 valence electrons. The molecule has 1 aliphatic rings. The fraction of sp³-hybridized carbons (Fsp3) is 0.450. The molecule has 1 saturated heterocycles. The molecule has 0 saturated carbocycles. The van der Waals surface area contributed by atoms with Crippen molar-refractivity contribution < 1.29 is 4.79 Å². The van der Waals surface area contributed by atoms with Gasteiger partial charge in [0.25, 0.3) is 0 Å². The molecular formula is C20H26BrN3OS. The van der Waals surface area contributed by atoms with Gasteiger partial charge in [-0.25, -0.2) is 0 Å². The monoisotopic (exact) mass is 435 g/mol. The molecule has 1 aromatic heterocycles. The van der Waals surface area contributed by atoms with E-state index in [2.05, 4.69) is 55.3 Å². The Kier molecular flexibility index (Phi) is 6.86. The van der Waals surface area contributed by atoms with Crippen LogP contribution in [0.5, 0.6) is 0 Å². The number of hydrogen-bond donors (Lipinski definition) is 1. The Labute approximate surface area is 168 Å². The van der Waals surface area contributed by atoms with Gasteiger partial charge in [0, 0.05) is 37.6 Å². The van der Waals surface area contributed by atoms with Crippen LogP contribution in [0.25, 0.3) is 0 Å². The van der Waals surface area contributed by atoms with E-state index >= 15 is 0 Å². The molecule has 1 fully saturated rings. The van der Waals surface area contributed by atoms with Gasteiger partial charge in [0.1, 0.15) is 0 Å². The minimum atomic E-state index is -0.0980. The maximum atomic E-state index is 12.6. The van der Waals surface area contributed by atoms with Crippen LogP contribution in [-0.2, 0) is 11.3 Å². The summed E-state index contributed by atoms with van der Waals surface area (Å²) >= 11 is 5.32. The molecule has 2 aromatic rings. The normalized spacial score (nSPS) is 18.4. The third-order valence-electron chi connectivity index (χ3n) is 5.00. The summed E-state index contributed by atoms with van der Waals surface area (Å²) in [6, 6.07) is 14.3. The van der Waals surface area contributed by atoms with Crippen molar-refractivity contribution in [3.63, 3.8) is 0 Å². The van der Waals surface area contributed by atoms with E-state index in [1.807, 2.05) is 32.0 Å². The number of halogens is 1. The lowest BCUT2D eigenvalue weighted by atomic mass is 10.1. The van der Waals surface area contributed by atoms with E-state index in [4.69, 9.17) is 0 Å². The van der Waals surface area contributed by atoms with Crippen molar-refractivity contribution in [2.75, 3.05) is 26.2 Å². The summed E-state index contributed by atoms with van der Waals surface area (Å²) in [6.07, 6.45) is 0. The molecule has 0 aliphatic carbocycles. The Morgan fingerprint density at radius 1 is 1.12 bits per heavy atom. The summed E-state index contributed by atoms with van der Waals surface area (Å²) in [5.41, 5.74) is 1.14. The molecule has 1 aromatic carbocycles. The highest BCUT2D eigenvalue weighted by Gasteiger charge is 2.26. The van der Waals surface area contributed by atoms with E-state index in [9.17, 15) is 4.79 Å². The van der Waals surface area contributed by atoms with Crippen molar-refractivity contribution in [3.05, 3.63) is 56.7 Å². The quantitative estimate of drug-likeness (QED) is 0.747. The fourth-order valence-corrected chi connectivity index (χ4v) is 4.82. The summed E-state index contributed by atoms with van der Waals surface area (Å²) in [6.45, 7) is 8.91. The highest BCUT2D eigenvalue weighted by Crippen LogP contribution is 2.23. The van der Waals surface area contributed by atoms with E-state index < -0.39 is 0 Å². The Hall–Kier alpha value is -1.21. The third kappa shape index (κ3) is 5.16. The molecule has 6 heteroatoms. The maximum Gasteiger partial charge on any atom is 0.237 e. The van der Waals surface area contributed by atoms with Crippen molar-refractivity contribution in [1.82, 2.24) is 15.1 Å². The minimum absolute atomic E-state index is 0.0321. The summed E-state index contributed by atoms with van der Waals surface area (Å²) in [4.78, 5) is 18.8. The number of nitrogens with zero attached hydrogens (tertiary/aromatic N) is 2. The van der Waals surface area contributed by atoms with Gasteiger partial charge in [-0.15, -0.1) is 11.3 Å². The van der Waals surface area contributed by atoms with Crippen LogP contribution in [0.15, 0.2) is 46.3 Å². The molecule has 26 heavy (non-hydrogen) atoms. The van der Waals surface area contributed by atoms with E-state index in [0.29, 0.717) is 0 Å². The number of benzene rings is 1. The predicted octanol–water partition coefficient (Wildman–Crippen LogP) is 3.89. The molecular weight excluding hydrogens is 410 g/mol. The number of carbonyl (C=O) groups is 1. The lowest BCUT2D eigenvalue weighted by Gasteiger charge is -2.37. The molecule has 2 atom stereocenters. The molecule has 0 bridgehead atoms. The van der Waals surface area contributed by atoms with Crippen molar-refractivity contribution >= 4 is 33.2 Å². The maximum absolute atomic E-state index is 12.6. The number of hydrogen-bond acceptors (Lipinski definition) is 4. The zero-order valence-corrected chi connectivity index (χ0v) is 17.7. The van der Waals surface area contributed by atoms with Crippen molar-refractivity contribution in [2.45, 2.75) is 32.5 Å². The largest absolute Gasteiger partial charge is 0.348 e. The number of thiophene rings is 1. The summed E-state index contributed by atoms with van der Waals surface area (Å²) in [5.74, 6) is 0.108. The zero-order valence-electron chi connectivity index (χ0n) is 15.3. The van der Waals surface area contributed by atoms with Gasteiger partial charge in [-0.3, -0.25) is 14.6 Å². The number of nitrogens with one attached hydrogen (secondary N) is 1. The van der Waals surface area contributed by atoms with Crippen LogP contribution in [0.1, 0.15) is 30.3 Å². The Balaban J connectivity index is 1.46. The zero-order chi connectivity index (χ0) is 18.5. The molecule has 0 spiro atoms. The highest BCUT2D eigenvalue weighted by atomic mass is 79.9. The van der Waals surface area contributed by atoms with Crippen LogP contribution >= 0.6 is 27.3 Å². The third-order valence-corrected chi connectivity index (χ3v) is 6.61. The number of amides is 1. The highest BCUT2D eigenvalue weighted by molar-refractivity contribution is 9.11. The number of piperazine rings is 1. The first kappa shape index (κ1) is 19.5. The average molecular weight is 436 g/mol. The van der Waals surface area contributed by atoms with Crippen LogP contribution in [0.4, 0.5) is 0 Å². The topological polar surface area (TPSA) is 35.6 Å². The van der Waals surface area contributed by atoms with Crippen molar-refractivity contribution in [1.29, 1.82) is 0 Å². The van der Waals surface area contributed by atoms with Gasteiger partial charge in [0.05, 0.1) is 15.9 Å². The van der Waals surface area contributed by atoms with Crippen LogP contribution < -0.4 is 5.32 Å². The van der Waals surface area contributed by atoms with Gasteiger partial charge in [-0.05, 0) is 47.5 Å². The van der Waals surface area contributed by atoms with E-state index in [1.54, 1.807) is 11.3 Å². The minimum Gasteiger partial charge on any atom is -0.348 e. The van der Waals surface area contributed by atoms with Crippen LogP contribution in [0.3, 0.4) is 0 Å². The smallest absolute Gasteiger partial charge is 0.237 e. The Morgan fingerprint density at radius 3 is 2.42 bits per heavy atom. The second-order valence-corrected chi connectivity index (χ2v) is 9.38. The molecule has 2 heterocycles. The fourth-order valence-electron chi connectivity index (χ4n) is 3.29. The van der Waals surface area contributed by atoms with E-state index in [-0.39, 0.29) is 18.0 Å². The van der Waals surface area contributed by atoms with Gasteiger partial charge >= 0.3 is 0 Å². The number of rotatable bonds is 6. The molecule has 0 radical (unpaired) electrons. The SMILES string of the molecule is C[C@H](C(=O)N[C@H](C)c1ccccc1)N1CCN(Cc2ccc(Br)s2)CC1. The molecule has 1 amide bonds. The first-order valence-electron chi connectivity index (χ1n) is 9.09. The Bertz CT molecular complexity index is 713. The van der Waals surface area contributed by atoms with Crippen LogP contribution in [0, 0.1) is 0 Å². The summed E-state index contributed by atoms with van der Waals surface area (Å²) < 4.78 is 1.18. The molecule has 1 aliphatic heterocycles. The molecule has 0 unspecified atom stereocenters. The first-order valence-corrected chi connectivity index (χ1v) is 10.7. The van der Waals surface area contributed by atoms with Gasteiger partial charge in [0.2, 0.25) is 5.91 Å². The summed E-state index contributed by atoms with van der Waals surface area (Å²) in [5, 5.41) is 3.15. The molecule has 3 rings (SSSR count). The van der Waals surface area contributed by atoms with Gasteiger partial charge in [-0.1, -0.05) is 30.3 Å². The second kappa shape index (κ2) is 9.13. The summed E-state index contributed by atoms with van der Waals surface area (Å²) in [7, 11) is 0. The van der Waals surface area contributed by atoms with Gasteiger partial charge < -0.3 is 5.32 Å². The lowest BCUT2D eigenvalue weighted by Crippen LogP contribution is -2.53. The second-order valence-electron chi connectivity index (χ2n) is 6.83. The Morgan fingerprint density at radius 2 is 1.81 bits per heavy atom. The predicted molar refractivity (Wildman–Crippen MR) is 111 cm³/mol. The van der Waals surface area contributed by atoms with Crippen LogP contribution in [0.2, 0.25) is 0 Å². The van der Waals surface area contributed by atoms with E-state index in [0.717, 1.165) is 38.3 Å². The van der Waals surface area contributed by atoms with Crippen molar-refractivity contribution in [3.8, 4) is 0 Å². The van der Waals surface area contributed by atoms with Crippen molar-refractivity contribution in [2.24, 2.45) is 0 Å². The number of carbonyl (C=O) groups excluding carboxylic acids is 1. The standard InChI is InChI=1S/C20H26BrN3OS/c1-15(17-6-4-3-5-7-17)22-20(25)16(2)24-12-10-23(11-13-24)14-18-8-9-19(21)26-18/h3-9,15-16H,10-14H2,1-2H3,(H,22,25)/t15-,16-/m1/s1. The first-order chi connectivity index (χ1) is 12.5. The van der Waals surface area contributed by atoms with Gasteiger partial charge in [-0.2, -0.15) is 0 Å². The molecule has 1 N–H and O–H groups in total.